The van der Waals surface area contributed by atoms with Crippen LogP contribution in [0.5, 0.6) is 0 Å². The first-order chi connectivity index (χ1) is 15.7. The molecule has 0 fully saturated rings. The van der Waals surface area contributed by atoms with Crippen molar-refractivity contribution in [2.75, 3.05) is 10.6 Å². The van der Waals surface area contributed by atoms with Crippen LogP contribution in [0.15, 0.2) is 64.1 Å². The molecule has 9 heteroatoms. The van der Waals surface area contributed by atoms with Crippen molar-refractivity contribution in [1.82, 2.24) is 9.55 Å². The van der Waals surface area contributed by atoms with Crippen LogP contribution in [0.25, 0.3) is 21.3 Å². The lowest BCUT2D eigenvalue weighted by Crippen LogP contribution is -2.31. The minimum absolute atomic E-state index is 0.172. The van der Waals surface area contributed by atoms with E-state index in [0.29, 0.717) is 21.6 Å². The van der Waals surface area contributed by atoms with Crippen molar-refractivity contribution in [2.24, 2.45) is 0 Å². The number of thiophene rings is 1. The Balaban J connectivity index is 1.65. The molecule has 2 N–H and O–H groups in total. The molecule has 4 aromatic rings. The molecule has 2 aromatic heterocycles. The van der Waals surface area contributed by atoms with Crippen LogP contribution in [0.2, 0.25) is 0 Å². The van der Waals surface area contributed by atoms with Crippen LogP contribution in [0.4, 0.5) is 11.4 Å². The van der Waals surface area contributed by atoms with E-state index in [1.54, 1.807) is 31.2 Å². The first-order valence-electron chi connectivity index (χ1n) is 10.2. The second kappa shape index (κ2) is 9.29. The molecule has 4 rings (SSSR count). The van der Waals surface area contributed by atoms with E-state index in [4.69, 9.17) is 0 Å². The third-order valence-corrected chi connectivity index (χ3v) is 6.76. The number of rotatable bonds is 5. The van der Waals surface area contributed by atoms with Gasteiger partial charge in [-0.2, -0.15) is 0 Å². The number of anilines is 2. The van der Waals surface area contributed by atoms with Gasteiger partial charge < -0.3 is 10.6 Å². The summed E-state index contributed by atoms with van der Waals surface area (Å²) >= 11 is 4.90. The number of carbonyl (C=O) groups excluding carboxylic acids is 2. The first kappa shape index (κ1) is 22.9. The number of fused-ring (bicyclic) bond motifs is 1. The second-order valence-electron chi connectivity index (χ2n) is 7.60. The highest BCUT2D eigenvalue weighted by Gasteiger charge is 2.22. The van der Waals surface area contributed by atoms with Crippen LogP contribution in [-0.2, 0) is 9.59 Å². The predicted octanol–water partition coefficient (Wildman–Crippen LogP) is 5.35. The molecule has 0 radical (unpaired) electrons. The maximum absolute atomic E-state index is 13.4. The molecule has 1 unspecified atom stereocenters. The van der Waals surface area contributed by atoms with Crippen molar-refractivity contribution in [1.29, 1.82) is 0 Å². The number of nitrogens with zero attached hydrogens (tertiary/aromatic N) is 2. The molecule has 2 heterocycles. The van der Waals surface area contributed by atoms with E-state index in [2.05, 4.69) is 31.5 Å². The molecule has 168 valence electrons. The highest BCUT2D eigenvalue weighted by Crippen LogP contribution is 2.36. The van der Waals surface area contributed by atoms with Crippen molar-refractivity contribution < 1.29 is 9.59 Å². The fraction of sp³-hybridized carbons (Fsp3) is 0.167. The highest BCUT2D eigenvalue weighted by molar-refractivity contribution is 9.10. The Hall–Kier alpha value is -3.30. The summed E-state index contributed by atoms with van der Waals surface area (Å²) < 4.78 is 2.31. The van der Waals surface area contributed by atoms with E-state index in [-0.39, 0.29) is 17.4 Å². The Morgan fingerprint density at radius 3 is 2.24 bits per heavy atom. The Labute approximate surface area is 202 Å². The molecule has 0 saturated heterocycles. The molecule has 2 amide bonds. The van der Waals surface area contributed by atoms with Crippen LogP contribution in [0, 0.1) is 6.92 Å². The SMILES string of the molecule is CC(=O)Nc1ccc(NC(=O)C(C)n2cnc3sc(C)c(-c4ccc(Br)cc4)c3c2=O)cc1. The smallest absolute Gasteiger partial charge is 0.263 e. The van der Waals surface area contributed by atoms with Crippen molar-refractivity contribution >= 4 is 60.7 Å². The molecule has 7 nitrogen and oxygen atoms in total. The number of hydrogen-bond donors (Lipinski definition) is 2. The van der Waals surface area contributed by atoms with Gasteiger partial charge in [0.15, 0.2) is 0 Å². The Bertz CT molecular complexity index is 1410. The maximum Gasteiger partial charge on any atom is 0.263 e. The second-order valence-corrected chi connectivity index (χ2v) is 9.72. The quantitative estimate of drug-likeness (QED) is 0.367. The van der Waals surface area contributed by atoms with E-state index < -0.39 is 6.04 Å². The first-order valence-corrected chi connectivity index (χ1v) is 11.8. The Kier molecular flexibility index (Phi) is 6.44. The van der Waals surface area contributed by atoms with Crippen molar-refractivity contribution in [3.8, 4) is 11.1 Å². The molecule has 0 aliphatic heterocycles. The van der Waals surface area contributed by atoms with E-state index in [1.807, 2.05) is 31.2 Å². The lowest BCUT2D eigenvalue weighted by atomic mass is 10.0. The summed E-state index contributed by atoms with van der Waals surface area (Å²) in [7, 11) is 0. The largest absolute Gasteiger partial charge is 0.326 e. The van der Waals surface area contributed by atoms with Crippen LogP contribution in [0.1, 0.15) is 24.8 Å². The van der Waals surface area contributed by atoms with Gasteiger partial charge >= 0.3 is 0 Å². The molecule has 0 spiro atoms. The standard InChI is InChI=1S/C24H21BrN4O3S/c1-13(22(31)28-19-10-8-18(9-11-19)27-15(3)30)29-12-26-23-21(24(29)32)20(14(2)33-23)16-4-6-17(25)7-5-16/h4-13H,1-3H3,(H,27,30)(H,28,31). The van der Waals surface area contributed by atoms with Crippen LogP contribution in [-0.4, -0.2) is 21.4 Å². The fourth-order valence-corrected chi connectivity index (χ4v) is 4.84. The molecule has 1 atom stereocenters. The van der Waals surface area contributed by atoms with Crippen LogP contribution >= 0.6 is 27.3 Å². The number of aromatic nitrogens is 2. The van der Waals surface area contributed by atoms with E-state index in [9.17, 15) is 14.4 Å². The number of halogens is 1. The van der Waals surface area contributed by atoms with Gasteiger partial charge in [-0.25, -0.2) is 4.98 Å². The summed E-state index contributed by atoms with van der Waals surface area (Å²) in [6.07, 6.45) is 1.43. The third kappa shape index (κ3) is 4.74. The minimum atomic E-state index is -0.776. The van der Waals surface area contributed by atoms with Crippen molar-refractivity contribution in [3.05, 3.63) is 74.6 Å². The van der Waals surface area contributed by atoms with Gasteiger partial charge in [-0.1, -0.05) is 28.1 Å². The highest BCUT2D eigenvalue weighted by atomic mass is 79.9. The monoisotopic (exact) mass is 524 g/mol. The molecule has 0 saturated carbocycles. The lowest BCUT2D eigenvalue weighted by molar-refractivity contribution is -0.119. The topological polar surface area (TPSA) is 93.1 Å². The summed E-state index contributed by atoms with van der Waals surface area (Å²) in [6.45, 7) is 5.06. The van der Waals surface area contributed by atoms with Gasteiger partial charge in [-0.15, -0.1) is 11.3 Å². The summed E-state index contributed by atoms with van der Waals surface area (Å²) in [6, 6.07) is 13.8. The molecular formula is C24H21BrN4O3S. The molecule has 33 heavy (non-hydrogen) atoms. The average molecular weight is 525 g/mol. The predicted molar refractivity (Wildman–Crippen MR) is 136 cm³/mol. The van der Waals surface area contributed by atoms with Gasteiger partial charge in [0.1, 0.15) is 10.9 Å². The molecule has 0 aliphatic carbocycles. The van der Waals surface area contributed by atoms with Crippen molar-refractivity contribution in [3.63, 3.8) is 0 Å². The van der Waals surface area contributed by atoms with E-state index >= 15 is 0 Å². The minimum Gasteiger partial charge on any atom is -0.326 e. The van der Waals surface area contributed by atoms with Gasteiger partial charge in [0.2, 0.25) is 11.8 Å². The number of amides is 2. The summed E-state index contributed by atoms with van der Waals surface area (Å²) in [4.78, 5) is 43.6. The van der Waals surface area contributed by atoms with Gasteiger partial charge in [0.05, 0.1) is 11.7 Å². The number of benzene rings is 2. The zero-order valence-electron chi connectivity index (χ0n) is 18.2. The summed E-state index contributed by atoms with van der Waals surface area (Å²) in [5.74, 6) is -0.517. The lowest BCUT2D eigenvalue weighted by Gasteiger charge is -2.15. The zero-order chi connectivity index (χ0) is 23.7. The van der Waals surface area contributed by atoms with Crippen molar-refractivity contribution in [2.45, 2.75) is 26.8 Å². The molecule has 2 aromatic carbocycles. The molecule has 0 aliphatic rings. The normalized spacial score (nSPS) is 11.9. The van der Waals surface area contributed by atoms with Crippen LogP contribution in [0.3, 0.4) is 0 Å². The summed E-state index contributed by atoms with van der Waals surface area (Å²) in [5.41, 5.74) is 2.70. The Morgan fingerprint density at radius 2 is 1.64 bits per heavy atom. The van der Waals surface area contributed by atoms with Gasteiger partial charge in [-0.3, -0.25) is 19.0 Å². The average Bonchev–Trinajstić information content (AvgIpc) is 3.12. The number of aryl methyl sites for hydroxylation is 1. The van der Waals surface area contributed by atoms with Crippen LogP contribution < -0.4 is 16.2 Å². The van der Waals surface area contributed by atoms with Gasteiger partial charge in [0.25, 0.3) is 5.56 Å². The van der Waals surface area contributed by atoms with E-state index in [1.165, 1.54) is 29.2 Å². The van der Waals surface area contributed by atoms with E-state index in [0.717, 1.165) is 20.5 Å². The maximum atomic E-state index is 13.4. The fourth-order valence-electron chi connectivity index (χ4n) is 3.57. The molecule has 0 bridgehead atoms. The van der Waals surface area contributed by atoms with Gasteiger partial charge in [0, 0.05) is 33.2 Å². The Morgan fingerprint density at radius 1 is 1.03 bits per heavy atom. The number of carbonyl (C=O) groups is 2. The third-order valence-electron chi connectivity index (χ3n) is 5.22. The zero-order valence-corrected chi connectivity index (χ0v) is 20.6. The number of nitrogens with one attached hydrogen (secondary N) is 2. The summed E-state index contributed by atoms with van der Waals surface area (Å²) in [5, 5.41) is 6.00. The van der Waals surface area contributed by atoms with Gasteiger partial charge in [-0.05, 0) is 55.8 Å². The molecular weight excluding hydrogens is 504 g/mol. The number of hydrogen-bond acceptors (Lipinski definition) is 5.